The first-order valence-corrected chi connectivity index (χ1v) is 5.77. The van der Waals surface area contributed by atoms with Gasteiger partial charge in [-0.15, -0.1) is 0 Å². The Morgan fingerprint density at radius 1 is 1.19 bits per heavy atom. The van der Waals surface area contributed by atoms with Crippen LogP contribution in [0, 0.1) is 0 Å². The second kappa shape index (κ2) is 6.30. The third kappa shape index (κ3) is 4.04. The van der Waals surface area contributed by atoms with E-state index in [1.165, 1.54) is 0 Å². The first-order valence-electron chi connectivity index (χ1n) is 5.77. The smallest absolute Gasteiger partial charge is 0.222 e. The largest absolute Gasteiger partial charge is 0.374 e. The number of carbonyl (C=O) groups is 2. The second-order valence-electron chi connectivity index (χ2n) is 4.15. The van der Waals surface area contributed by atoms with Crippen molar-refractivity contribution < 1.29 is 9.59 Å². The molecular weight excluding hydrogens is 204 g/mol. The van der Waals surface area contributed by atoms with Crippen molar-refractivity contribution in [3.63, 3.8) is 0 Å². The molecule has 0 aromatic heterocycles. The molecule has 0 atom stereocenters. The predicted molar refractivity (Wildman–Crippen MR) is 62.9 cm³/mol. The predicted octanol–water partition coefficient (Wildman–Crippen LogP) is 1.03. The molecule has 1 rings (SSSR count). The van der Waals surface area contributed by atoms with Crippen LogP contribution in [0.4, 0.5) is 0 Å². The van der Waals surface area contributed by atoms with Gasteiger partial charge in [-0.2, -0.15) is 0 Å². The van der Waals surface area contributed by atoms with Gasteiger partial charge in [0.05, 0.1) is 0 Å². The van der Waals surface area contributed by atoms with Gasteiger partial charge in [-0.1, -0.05) is 6.58 Å². The van der Waals surface area contributed by atoms with E-state index in [1.54, 1.807) is 6.92 Å². The Kier molecular flexibility index (Phi) is 5.02. The van der Waals surface area contributed by atoms with Crippen LogP contribution in [-0.4, -0.2) is 47.7 Å². The minimum Gasteiger partial charge on any atom is -0.374 e. The van der Waals surface area contributed by atoms with Gasteiger partial charge >= 0.3 is 0 Å². The van der Waals surface area contributed by atoms with E-state index < -0.39 is 0 Å². The standard InChI is InChI=1S/C12H20N2O2/c1-3-13-7-9-14(10-8-13)12(16)6-4-5-11(2)15/h3H,1,4-10H2,2H3. The summed E-state index contributed by atoms with van der Waals surface area (Å²) in [4.78, 5) is 26.5. The number of Topliss-reactive ketones (excluding diaryl/α,β-unsaturated/α-hetero) is 1. The molecule has 0 unspecified atom stereocenters. The lowest BCUT2D eigenvalue weighted by molar-refractivity contribution is -0.132. The van der Waals surface area contributed by atoms with Crippen LogP contribution in [0.3, 0.4) is 0 Å². The summed E-state index contributed by atoms with van der Waals surface area (Å²) in [5.74, 6) is 0.328. The highest BCUT2D eigenvalue weighted by molar-refractivity contribution is 5.78. The van der Waals surface area contributed by atoms with Gasteiger partial charge in [-0.05, 0) is 19.5 Å². The molecule has 90 valence electrons. The number of amides is 1. The summed E-state index contributed by atoms with van der Waals surface area (Å²) in [6.45, 7) is 8.53. The van der Waals surface area contributed by atoms with Crippen molar-refractivity contribution in [1.29, 1.82) is 0 Å². The number of hydrogen-bond donors (Lipinski definition) is 0. The fourth-order valence-electron chi connectivity index (χ4n) is 1.80. The van der Waals surface area contributed by atoms with E-state index in [-0.39, 0.29) is 11.7 Å². The van der Waals surface area contributed by atoms with Crippen LogP contribution in [0.25, 0.3) is 0 Å². The monoisotopic (exact) mass is 224 g/mol. The lowest BCUT2D eigenvalue weighted by Crippen LogP contribution is -2.46. The highest BCUT2D eigenvalue weighted by Gasteiger charge is 2.18. The molecule has 0 saturated carbocycles. The highest BCUT2D eigenvalue weighted by Crippen LogP contribution is 2.06. The van der Waals surface area contributed by atoms with Crippen molar-refractivity contribution in [3.05, 3.63) is 12.8 Å². The Hall–Kier alpha value is -1.32. The summed E-state index contributed by atoms with van der Waals surface area (Å²) in [5.41, 5.74) is 0. The Bertz CT molecular complexity index is 268. The van der Waals surface area contributed by atoms with Crippen molar-refractivity contribution in [1.82, 2.24) is 9.80 Å². The molecule has 1 aliphatic heterocycles. The summed E-state index contributed by atoms with van der Waals surface area (Å²) in [6.07, 6.45) is 3.50. The fraction of sp³-hybridized carbons (Fsp3) is 0.667. The first-order chi connectivity index (χ1) is 7.63. The third-order valence-corrected chi connectivity index (χ3v) is 2.84. The van der Waals surface area contributed by atoms with Crippen molar-refractivity contribution >= 4 is 11.7 Å². The second-order valence-corrected chi connectivity index (χ2v) is 4.15. The molecule has 4 heteroatoms. The molecule has 0 spiro atoms. The summed E-state index contributed by atoms with van der Waals surface area (Å²) in [6, 6.07) is 0. The lowest BCUT2D eigenvalue weighted by atomic mass is 10.1. The lowest BCUT2D eigenvalue weighted by Gasteiger charge is -2.34. The van der Waals surface area contributed by atoms with E-state index in [2.05, 4.69) is 11.5 Å². The van der Waals surface area contributed by atoms with Crippen LogP contribution in [0.15, 0.2) is 12.8 Å². The number of hydrogen-bond acceptors (Lipinski definition) is 3. The summed E-state index contributed by atoms with van der Waals surface area (Å²) in [5, 5.41) is 0. The van der Waals surface area contributed by atoms with Gasteiger partial charge in [0.2, 0.25) is 5.91 Å². The molecule has 0 aromatic rings. The van der Waals surface area contributed by atoms with E-state index >= 15 is 0 Å². The van der Waals surface area contributed by atoms with Crippen LogP contribution < -0.4 is 0 Å². The number of rotatable bonds is 5. The van der Waals surface area contributed by atoms with Crippen molar-refractivity contribution in [2.45, 2.75) is 26.2 Å². The molecule has 1 amide bonds. The molecular formula is C12H20N2O2. The molecule has 0 N–H and O–H groups in total. The molecule has 4 nitrogen and oxygen atoms in total. The molecule has 1 heterocycles. The Labute approximate surface area is 96.9 Å². The number of piperazine rings is 1. The van der Waals surface area contributed by atoms with E-state index in [9.17, 15) is 9.59 Å². The average Bonchev–Trinajstić information content (AvgIpc) is 2.28. The van der Waals surface area contributed by atoms with Crippen LogP contribution in [0.5, 0.6) is 0 Å². The van der Waals surface area contributed by atoms with Crippen molar-refractivity contribution in [2.75, 3.05) is 26.2 Å². The maximum Gasteiger partial charge on any atom is 0.222 e. The van der Waals surface area contributed by atoms with Crippen LogP contribution in [0.2, 0.25) is 0 Å². The van der Waals surface area contributed by atoms with Gasteiger partial charge in [0.15, 0.2) is 0 Å². The van der Waals surface area contributed by atoms with Gasteiger partial charge < -0.3 is 14.6 Å². The zero-order valence-electron chi connectivity index (χ0n) is 9.95. The molecule has 0 aromatic carbocycles. The zero-order chi connectivity index (χ0) is 12.0. The van der Waals surface area contributed by atoms with Crippen molar-refractivity contribution in [2.24, 2.45) is 0 Å². The van der Waals surface area contributed by atoms with E-state index in [1.807, 2.05) is 11.1 Å². The number of carbonyl (C=O) groups excluding carboxylic acids is 2. The molecule has 0 bridgehead atoms. The number of nitrogens with zero attached hydrogens (tertiary/aromatic N) is 2. The molecule has 0 radical (unpaired) electrons. The van der Waals surface area contributed by atoms with Gasteiger partial charge in [0, 0.05) is 39.0 Å². The minimum atomic E-state index is 0.157. The summed E-state index contributed by atoms with van der Waals surface area (Å²) >= 11 is 0. The molecule has 0 aliphatic carbocycles. The maximum absolute atomic E-state index is 11.7. The summed E-state index contributed by atoms with van der Waals surface area (Å²) < 4.78 is 0. The van der Waals surface area contributed by atoms with Gasteiger partial charge in [-0.3, -0.25) is 4.79 Å². The third-order valence-electron chi connectivity index (χ3n) is 2.84. The van der Waals surface area contributed by atoms with Crippen molar-refractivity contribution in [3.8, 4) is 0 Å². The highest BCUT2D eigenvalue weighted by atomic mass is 16.2. The molecule has 16 heavy (non-hydrogen) atoms. The van der Waals surface area contributed by atoms with E-state index in [0.717, 1.165) is 26.2 Å². The van der Waals surface area contributed by atoms with E-state index in [0.29, 0.717) is 19.3 Å². The molecule has 1 fully saturated rings. The van der Waals surface area contributed by atoms with Crippen LogP contribution in [0.1, 0.15) is 26.2 Å². The Morgan fingerprint density at radius 2 is 1.81 bits per heavy atom. The fourth-order valence-corrected chi connectivity index (χ4v) is 1.80. The molecule has 1 saturated heterocycles. The maximum atomic E-state index is 11.7. The normalized spacial score (nSPS) is 16.1. The van der Waals surface area contributed by atoms with Gasteiger partial charge in [0.25, 0.3) is 0 Å². The summed E-state index contributed by atoms with van der Waals surface area (Å²) in [7, 11) is 0. The number of ketones is 1. The Balaban J connectivity index is 2.22. The molecule has 1 aliphatic rings. The topological polar surface area (TPSA) is 40.6 Å². The van der Waals surface area contributed by atoms with Gasteiger partial charge in [-0.25, -0.2) is 0 Å². The Morgan fingerprint density at radius 3 is 2.31 bits per heavy atom. The minimum absolute atomic E-state index is 0.157. The van der Waals surface area contributed by atoms with Gasteiger partial charge in [0.1, 0.15) is 5.78 Å². The first kappa shape index (κ1) is 12.7. The SMILES string of the molecule is C=CN1CCN(C(=O)CCCC(C)=O)CC1. The van der Waals surface area contributed by atoms with E-state index in [4.69, 9.17) is 0 Å². The van der Waals surface area contributed by atoms with Crippen LogP contribution >= 0.6 is 0 Å². The average molecular weight is 224 g/mol. The zero-order valence-corrected chi connectivity index (χ0v) is 9.95. The van der Waals surface area contributed by atoms with Crippen LogP contribution in [-0.2, 0) is 9.59 Å². The quantitative estimate of drug-likeness (QED) is 0.700.